The monoisotopic (exact) mass is 459 g/mol. The molecule has 1 aliphatic heterocycles. The van der Waals surface area contributed by atoms with Crippen LogP contribution in [-0.2, 0) is 0 Å². The zero-order chi connectivity index (χ0) is 23.4. The van der Waals surface area contributed by atoms with Gasteiger partial charge in [0.1, 0.15) is 5.82 Å². The summed E-state index contributed by atoms with van der Waals surface area (Å²) < 4.78 is 0. The van der Waals surface area contributed by atoms with Crippen molar-refractivity contribution < 1.29 is 4.79 Å². The van der Waals surface area contributed by atoms with Gasteiger partial charge in [-0.2, -0.15) is 0 Å². The lowest BCUT2D eigenvalue weighted by Gasteiger charge is -2.57. The van der Waals surface area contributed by atoms with Crippen molar-refractivity contribution in [3.05, 3.63) is 41.1 Å². The van der Waals surface area contributed by atoms with E-state index in [4.69, 9.17) is 9.97 Å². The summed E-state index contributed by atoms with van der Waals surface area (Å²) in [6.07, 6.45) is 7.80. The summed E-state index contributed by atoms with van der Waals surface area (Å²) in [5.41, 5.74) is 4.48. The number of anilines is 1. The lowest BCUT2D eigenvalue weighted by atomic mass is 9.53. The molecule has 34 heavy (non-hydrogen) atoms. The summed E-state index contributed by atoms with van der Waals surface area (Å²) in [6.45, 7) is 9.35. The van der Waals surface area contributed by atoms with E-state index in [-0.39, 0.29) is 11.6 Å². The smallest absolute Gasteiger partial charge is 0.317 e. The topological polar surface area (TPSA) is 61.4 Å². The van der Waals surface area contributed by atoms with Gasteiger partial charge < -0.3 is 15.1 Å². The maximum atomic E-state index is 13.3. The summed E-state index contributed by atoms with van der Waals surface area (Å²) in [5, 5.41) is 3.55. The molecular formula is C28H37N5O. The standard InChI is InChI=1S/C28H37N5O/c1-18-5-4-6-24(11-18)25-29-20(3)19(2)26(30-25)32-7-9-33(10-8-32)27(34)31-28-15-21-12-22(16-28)14-23(13-21)17-28/h4-6,11,21-23H,7-10,12-17H2,1-3H3,(H,31,34). The third-order valence-electron chi connectivity index (χ3n) is 8.92. The highest BCUT2D eigenvalue weighted by Crippen LogP contribution is 2.55. The van der Waals surface area contributed by atoms with Gasteiger partial charge in [-0.15, -0.1) is 0 Å². The minimum absolute atomic E-state index is 0.0754. The van der Waals surface area contributed by atoms with Crippen molar-refractivity contribution in [2.45, 2.75) is 64.8 Å². The van der Waals surface area contributed by atoms with Gasteiger partial charge in [0.05, 0.1) is 0 Å². The van der Waals surface area contributed by atoms with Crippen LogP contribution < -0.4 is 10.2 Å². The Balaban J connectivity index is 1.14. The largest absolute Gasteiger partial charge is 0.353 e. The molecule has 1 aromatic heterocycles. The molecule has 2 aromatic rings. The number of piperazine rings is 1. The van der Waals surface area contributed by atoms with Crippen LogP contribution in [0.1, 0.15) is 55.3 Å². The molecular weight excluding hydrogens is 422 g/mol. The Labute approximate surface area is 203 Å². The highest BCUT2D eigenvalue weighted by molar-refractivity contribution is 5.75. The molecule has 1 N–H and O–H groups in total. The molecule has 6 heteroatoms. The fraction of sp³-hybridized carbons (Fsp3) is 0.607. The lowest BCUT2D eigenvalue weighted by molar-refractivity contribution is -0.0157. The first-order valence-electron chi connectivity index (χ1n) is 13.1. The zero-order valence-corrected chi connectivity index (χ0v) is 20.8. The second-order valence-corrected chi connectivity index (χ2v) is 11.6. The van der Waals surface area contributed by atoms with Crippen molar-refractivity contribution in [2.75, 3.05) is 31.1 Å². The third-order valence-corrected chi connectivity index (χ3v) is 8.92. The molecule has 0 spiro atoms. The summed E-state index contributed by atoms with van der Waals surface area (Å²) >= 11 is 0. The van der Waals surface area contributed by atoms with E-state index < -0.39 is 0 Å². The molecule has 1 saturated heterocycles. The number of carbonyl (C=O) groups is 1. The highest BCUT2D eigenvalue weighted by atomic mass is 16.2. The highest BCUT2D eigenvalue weighted by Gasteiger charge is 2.51. The maximum absolute atomic E-state index is 13.3. The molecule has 7 rings (SSSR count). The second-order valence-electron chi connectivity index (χ2n) is 11.6. The first-order valence-corrected chi connectivity index (χ1v) is 13.1. The van der Waals surface area contributed by atoms with E-state index in [1.54, 1.807) is 0 Å². The number of aromatic nitrogens is 2. The summed E-state index contributed by atoms with van der Waals surface area (Å²) in [6, 6.07) is 8.52. The van der Waals surface area contributed by atoms with E-state index in [1.807, 2.05) is 4.90 Å². The average Bonchev–Trinajstić information content (AvgIpc) is 2.80. The van der Waals surface area contributed by atoms with Crippen LogP contribution in [0.4, 0.5) is 10.6 Å². The zero-order valence-electron chi connectivity index (χ0n) is 20.8. The van der Waals surface area contributed by atoms with Crippen molar-refractivity contribution in [3.63, 3.8) is 0 Å². The number of nitrogens with zero attached hydrogens (tertiary/aromatic N) is 4. The van der Waals surface area contributed by atoms with Crippen LogP contribution in [0, 0.1) is 38.5 Å². The number of aryl methyl sites for hydroxylation is 2. The van der Waals surface area contributed by atoms with Crippen molar-refractivity contribution >= 4 is 11.8 Å². The minimum Gasteiger partial charge on any atom is -0.353 e. The van der Waals surface area contributed by atoms with Crippen LogP contribution in [0.3, 0.4) is 0 Å². The summed E-state index contributed by atoms with van der Waals surface area (Å²) in [7, 11) is 0. The number of rotatable bonds is 3. The molecule has 180 valence electrons. The normalized spacial score (nSPS) is 30.0. The van der Waals surface area contributed by atoms with Gasteiger partial charge in [-0.05, 0) is 83.1 Å². The third kappa shape index (κ3) is 3.95. The van der Waals surface area contributed by atoms with Gasteiger partial charge in [-0.25, -0.2) is 14.8 Å². The average molecular weight is 460 g/mol. The molecule has 0 atom stereocenters. The van der Waals surface area contributed by atoms with E-state index in [9.17, 15) is 4.79 Å². The Bertz CT molecular complexity index is 1070. The Hall–Kier alpha value is -2.63. The first-order chi connectivity index (χ1) is 16.4. The predicted octanol–water partition coefficient (Wildman–Crippen LogP) is 4.87. The van der Waals surface area contributed by atoms with Crippen LogP contribution in [0.15, 0.2) is 24.3 Å². The molecule has 4 bridgehead atoms. The number of carbonyl (C=O) groups excluding carboxylic acids is 1. The van der Waals surface area contributed by atoms with Crippen LogP contribution in [0.5, 0.6) is 0 Å². The molecule has 5 aliphatic rings. The molecule has 5 fully saturated rings. The lowest BCUT2D eigenvalue weighted by Crippen LogP contribution is -2.63. The van der Waals surface area contributed by atoms with Crippen molar-refractivity contribution in [2.24, 2.45) is 17.8 Å². The second kappa shape index (κ2) is 8.24. The summed E-state index contributed by atoms with van der Waals surface area (Å²) in [4.78, 5) is 27.4. The minimum atomic E-state index is 0.0754. The van der Waals surface area contributed by atoms with Crippen molar-refractivity contribution in [1.29, 1.82) is 0 Å². The predicted molar refractivity (Wildman–Crippen MR) is 135 cm³/mol. The Kier molecular flexibility index (Phi) is 5.30. The molecule has 4 saturated carbocycles. The number of hydrogen-bond donors (Lipinski definition) is 1. The van der Waals surface area contributed by atoms with Gasteiger partial charge in [0.15, 0.2) is 5.82 Å². The Morgan fingerprint density at radius 2 is 1.59 bits per heavy atom. The van der Waals surface area contributed by atoms with Gasteiger partial charge in [-0.1, -0.05) is 23.8 Å². The Morgan fingerprint density at radius 3 is 2.21 bits per heavy atom. The number of hydrogen-bond acceptors (Lipinski definition) is 4. The number of amides is 2. The Morgan fingerprint density at radius 1 is 0.941 bits per heavy atom. The van der Waals surface area contributed by atoms with E-state index in [2.05, 4.69) is 55.3 Å². The van der Waals surface area contributed by atoms with Gasteiger partial charge in [0.2, 0.25) is 0 Å². The SMILES string of the molecule is Cc1cccc(-c2nc(C)c(C)c(N3CCN(C(=O)NC45CC6CC(CC(C6)C4)C5)CC3)n2)c1. The van der Waals surface area contributed by atoms with Crippen LogP contribution >= 0.6 is 0 Å². The molecule has 1 aromatic carbocycles. The number of urea groups is 1. The molecule has 2 amide bonds. The maximum Gasteiger partial charge on any atom is 0.317 e. The fourth-order valence-corrected chi connectivity index (χ4v) is 7.53. The van der Waals surface area contributed by atoms with Crippen LogP contribution in [-0.4, -0.2) is 52.6 Å². The van der Waals surface area contributed by atoms with Gasteiger partial charge in [0.25, 0.3) is 0 Å². The van der Waals surface area contributed by atoms with Gasteiger partial charge >= 0.3 is 6.03 Å². The molecule has 0 unspecified atom stereocenters. The summed E-state index contributed by atoms with van der Waals surface area (Å²) in [5.74, 6) is 4.31. The quantitative estimate of drug-likeness (QED) is 0.711. The number of benzene rings is 1. The van der Waals surface area contributed by atoms with Gasteiger partial charge in [-0.3, -0.25) is 0 Å². The van der Waals surface area contributed by atoms with E-state index in [1.165, 1.54) is 44.1 Å². The molecule has 6 nitrogen and oxygen atoms in total. The molecule has 0 radical (unpaired) electrons. The fourth-order valence-electron chi connectivity index (χ4n) is 7.53. The molecule has 2 heterocycles. The van der Waals surface area contributed by atoms with Crippen LogP contribution in [0.25, 0.3) is 11.4 Å². The number of nitrogens with one attached hydrogen (secondary N) is 1. The van der Waals surface area contributed by atoms with E-state index in [0.717, 1.165) is 72.4 Å². The van der Waals surface area contributed by atoms with E-state index >= 15 is 0 Å². The van der Waals surface area contributed by atoms with Crippen LogP contribution in [0.2, 0.25) is 0 Å². The molecule has 4 aliphatic carbocycles. The van der Waals surface area contributed by atoms with Crippen molar-refractivity contribution in [1.82, 2.24) is 20.2 Å². The van der Waals surface area contributed by atoms with Gasteiger partial charge in [0, 0.05) is 48.5 Å². The van der Waals surface area contributed by atoms with Crippen molar-refractivity contribution in [3.8, 4) is 11.4 Å². The first kappa shape index (κ1) is 21.9. The van der Waals surface area contributed by atoms with E-state index in [0.29, 0.717) is 0 Å².